The van der Waals surface area contributed by atoms with Crippen molar-refractivity contribution in [2.75, 3.05) is 11.9 Å². The van der Waals surface area contributed by atoms with Crippen molar-refractivity contribution in [2.24, 2.45) is 11.8 Å². The summed E-state index contributed by atoms with van der Waals surface area (Å²) in [7, 11) is 0. The van der Waals surface area contributed by atoms with Crippen LogP contribution in [0.2, 0.25) is 0 Å². The molecule has 34 heavy (non-hydrogen) atoms. The average molecular weight is 469 g/mol. The van der Waals surface area contributed by atoms with E-state index in [1.807, 2.05) is 6.92 Å². The van der Waals surface area contributed by atoms with E-state index in [4.69, 9.17) is 10.1 Å². The summed E-state index contributed by atoms with van der Waals surface area (Å²) in [5.74, 6) is -3.57. The summed E-state index contributed by atoms with van der Waals surface area (Å²) in [6.07, 6.45) is 5.69. The van der Waals surface area contributed by atoms with Gasteiger partial charge < -0.3 is 20.4 Å². The van der Waals surface area contributed by atoms with E-state index in [1.54, 1.807) is 36.2 Å². The number of amides is 2. The van der Waals surface area contributed by atoms with Gasteiger partial charge in [0.1, 0.15) is 11.6 Å². The summed E-state index contributed by atoms with van der Waals surface area (Å²) in [5.41, 5.74) is 2.18. The minimum absolute atomic E-state index is 0.200. The fourth-order valence-electron chi connectivity index (χ4n) is 4.28. The van der Waals surface area contributed by atoms with E-state index in [1.165, 1.54) is 18.6 Å². The molecule has 2 aromatic rings. The topological polar surface area (TPSA) is 108 Å². The zero-order valence-corrected chi connectivity index (χ0v) is 19.0. The van der Waals surface area contributed by atoms with Crippen molar-refractivity contribution in [1.82, 2.24) is 14.9 Å². The minimum Gasteiger partial charge on any atom is -0.491 e. The van der Waals surface area contributed by atoms with Crippen molar-refractivity contribution >= 4 is 23.8 Å². The molecule has 0 saturated heterocycles. The zero-order valence-electron chi connectivity index (χ0n) is 19.0. The van der Waals surface area contributed by atoms with Gasteiger partial charge in [-0.2, -0.15) is 0 Å². The molecule has 1 aliphatic carbocycles. The van der Waals surface area contributed by atoms with Gasteiger partial charge in [0.05, 0.1) is 18.0 Å². The van der Waals surface area contributed by atoms with Crippen LogP contribution in [0.5, 0.6) is 0 Å². The third-order valence-electron chi connectivity index (χ3n) is 6.19. The number of anilines is 1. The van der Waals surface area contributed by atoms with E-state index in [0.29, 0.717) is 22.4 Å². The van der Waals surface area contributed by atoms with Crippen LogP contribution in [0.4, 0.5) is 14.6 Å². The number of nitrogens with zero attached hydrogens (tertiary/aromatic N) is 3. The highest BCUT2D eigenvalue weighted by Crippen LogP contribution is 2.47. The molecule has 178 valence electrons. The molecule has 10 heteroatoms. The maximum Gasteiger partial charge on any atom is 0.278 e. The Kier molecular flexibility index (Phi) is 6.16. The number of pyridine rings is 2. The summed E-state index contributed by atoms with van der Waals surface area (Å²) in [4.78, 5) is 35.6. The first-order chi connectivity index (χ1) is 16.1. The molecule has 2 aromatic heterocycles. The number of carbonyl (C=O) groups excluding carboxylic acids is 2. The number of ether oxygens (including phenoxy) is 1. The summed E-state index contributed by atoms with van der Waals surface area (Å²) in [6.45, 7) is 3.86. The van der Waals surface area contributed by atoms with Crippen LogP contribution < -0.4 is 5.32 Å². The second-order valence-corrected chi connectivity index (χ2v) is 8.68. The predicted molar refractivity (Wildman–Crippen MR) is 121 cm³/mol. The Bertz CT molecular complexity index is 1160. The number of alkyl halides is 2. The Morgan fingerprint density at radius 2 is 2.18 bits per heavy atom. The average Bonchev–Trinajstić information content (AvgIpc) is 3.30. The third-order valence-corrected chi connectivity index (χ3v) is 6.19. The fraction of sp³-hybridized carbons (Fsp3) is 0.375. The molecule has 0 saturated carbocycles. The third kappa shape index (κ3) is 4.52. The van der Waals surface area contributed by atoms with Gasteiger partial charge in [0, 0.05) is 54.8 Å². The molecule has 0 bridgehead atoms. The van der Waals surface area contributed by atoms with Crippen LogP contribution in [0.1, 0.15) is 47.1 Å². The van der Waals surface area contributed by atoms with Crippen LogP contribution in [0.3, 0.4) is 0 Å². The van der Waals surface area contributed by atoms with E-state index in [9.17, 15) is 18.4 Å². The van der Waals surface area contributed by atoms with E-state index in [0.717, 1.165) is 12.5 Å². The van der Waals surface area contributed by atoms with Gasteiger partial charge in [-0.15, -0.1) is 0 Å². The van der Waals surface area contributed by atoms with Crippen molar-refractivity contribution in [3.8, 4) is 0 Å². The summed E-state index contributed by atoms with van der Waals surface area (Å²) < 4.78 is 31.7. The van der Waals surface area contributed by atoms with Gasteiger partial charge in [-0.25, -0.2) is 13.8 Å². The van der Waals surface area contributed by atoms with Crippen molar-refractivity contribution in [2.45, 2.75) is 39.3 Å². The van der Waals surface area contributed by atoms with Gasteiger partial charge >= 0.3 is 0 Å². The number of aromatic nitrogens is 2. The highest BCUT2D eigenvalue weighted by molar-refractivity contribution is 6.06. The standard InChI is InChI=1S/C24H25F2N5O3/c1-13-19(20(13)34-12-24(3,25)26)17(9-27)14(2)31-11-18-16(23(31)33)6-8-29-21(18)30-22(32)15-5-4-7-28-10-15/h4-10,14,17,19,27H,11-12H2,1-3H3,(H,29,30,32)/t14?,17?,19-/m0/s1. The lowest BCUT2D eigenvalue weighted by atomic mass is 9.92. The largest absolute Gasteiger partial charge is 0.491 e. The lowest BCUT2D eigenvalue weighted by molar-refractivity contribution is -0.0434. The van der Waals surface area contributed by atoms with E-state index < -0.39 is 30.4 Å². The summed E-state index contributed by atoms with van der Waals surface area (Å²) in [5, 5.41) is 10.7. The van der Waals surface area contributed by atoms with Gasteiger partial charge in [0.2, 0.25) is 0 Å². The molecule has 2 unspecified atom stereocenters. The van der Waals surface area contributed by atoms with Gasteiger partial charge in [-0.1, -0.05) is 0 Å². The van der Waals surface area contributed by atoms with Crippen LogP contribution >= 0.6 is 0 Å². The molecule has 0 aromatic carbocycles. The normalized spacial score (nSPS) is 18.9. The first-order valence-electron chi connectivity index (χ1n) is 10.8. The smallest absolute Gasteiger partial charge is 0.278 e. The molecule has 0 spiro atoms. The molecule has 2 amide bonds. The maximum atomic E-state index is 13.2. The molecule has 8 nitrogen and oxygen atoms in total. The molecule has 0 fully saturated rings. The molecule has 3 heterocycles. The van der Waals surface area contributed by atoms with Crippen LogP contribution in [0.25, 0.3) is 0 Å². The van der Waals surface area contributed by atoms with Crippen LogP contribution in [-0.4, -0.2) is 51.5 Å². The van der Waals surface area contributed by atoms with Gasteiger partial charge in [-0.05, 0) is 37.6 Å². The molecule has 2 aliphatic rings. The number of allylic oxidation sites excluding steroid dienone is 2. The Hall–Kier alpha value is -3.69. The van der Waals surface area contributed by atoms with Crippen molar-refractivity contribution in [3.05, 3.63) is 64.8 Å². The first kappa shape index (κ1) is 23.5. The molecule has 1 aliphatic heterocycles. The summed E-state index contributed by atoms with van der Waals surface area (Å²) in [6, 6.07) is 4.46. The lowest BCUT2D eigenvalue weighted by Crippen LogP contribution is -2.41. The SMILES string of the molecule is CC1=C(OCC(C)(F)F)[C@@H]1C(C=N)C(C)N1Cc2c(ccnc2NC(=O)c2cccnc2)C1=O. The monoisotopic (exact) mass is 469 g/mol. The highest BCUT2D eigenvalue weighted by atomic mass is 19.3. The highest BCUT2D eigenvalue weighted by Gasteiger charge is 2.47. The zero-order chi connectivity index (χ0) is 24.6. The van der Waals surface area contributed by atoms with E-state index in [-0.39, 0.29) is 24.2 Å². The summed E-state index contributed by atoms with van der Waals surface area (Å²) >= 11 is 0. The number of hydrogen-bond acceptors (Lipinski definition) is 6. The Labute approximate surface area is 195 Å². The molecule has 3 atom stereocenters. The quantitative estimate of drug-likeness (QED) is 0.542. The molecule has 4 rings (SSSR count). The maximum absolute atomic E-state index is 13.2. The lowest BCUT2D eigenvalue weighted by Gasteiger charge is -2.30. The number of rotatable bonds is 9. The van der Waals surface area contributed by atoms with Gasteiger partial charge in [0.15, 0.2) is 6.61 Å². The second kappa shape index (κ2) is 8.92. The van der Waals surface area contributed by atoms with Gasteiger partial charge in [-0.3, -0.25) is 14.6 Å². The van der Waals surface area contributed by atoms with E-state index >= 15 is 0 Å². The van der Waals surface area contributed by atoms with Crippen molar-refractivity contribution in [1.29, 1.82) is 5.41 Å². The number of nitrogens with one attached hydrogen (secondary N) is 2. The second-order valence-electron chi connectivity index (χ2n) is 8.68. The van der Waals surface area contributed by atoms with Crippen molar-refractivity contribution < 1.29 is 23.1 Å². The van der Waals surface area contributed by atoms with Crippen LogP contribution in [-0.2, 0) is 11.3 Å². The predicted octanol–water partition coefficient (Wildman–Crippen LogP) is 3.91. The van der Waals surface area contributed by atoms with Crippen LogP contribution in [0.15, 0.2) is 48.1 Å². The number of fused-ring (bicyclic) bond motifs is 1. The number of hydrogen-bond donors (Lipinski definition) is 2. The molecular formula is C24H25F2N5O3. The number of carbonyl (C=O) groups is 2. The minimum atomic E-state index is -2.96. The Morgan fingerprint density at radius 3 is 2.82 bits per heavy atom. The fourth-order valence-corrected chi connectivity index (χ4v) is 4.28. The van der Waals surface area contributed by atoms with E-state index in [2.05, 4.69) is 15.3 Å². The Morgan fingerprint density at radius 1 is 1.41 bits per heavy atom. The molecule has 2 N–H and O–H groups in total. The van der Waals surface area contributed by atoms with Crippen molar-refractivity contribution in [3.63, 3.8) is 0 Å². The molecular weight excluding hydrogens is 444 g/mol. The molecule has 0 radical (unpaired) electrons. The van der Waals surface area contributed by atoms with Crippen LogP contribution in [0, 0.1) is 17.2 Å². The first-order valence-corrected chi connectivity index (χ1v) is 10.8. The van der Waals surface area contributed by atoms with Gasteiger partial charge in [0.25, 0.3) is 17.7 Å². The number of halogens is 2. The Balaban J connectivity index is 1.49.